The monoisotopic (exact) mass is 208 g/mol. The van der Waals surface area contributed by atoms with Crippen molar-refractivity contribution in [3.8, 4) is 0 Å². The van der Waals surface area contributed by atoms with E-state index in [4.69, 9.17) is 0 Å². The van der Waals surface area contributed by atoms with E-state index >= 15 is 0 Å². The van der Waals surface area contributed by atoms with Gasteiger partial charge in [0.1, 0.15) is 11.6 Å². The lowest BCUT2D eigenvalue weighted by Crippen LogP contribution is -2.50. The number of aromatic nitrogens is 3. The maximum absolute atomic E-state index is 9.20. The molecule has 5 nitrogen and oxygen atoms in total. The van der Waals surface area contributed by atoms with Crippen molar-refractivity contribution in [3.63, 3.8) is 0 Å². The van der Waals surface area contributed by atoms with E-state index in [9.17, 15) is 5.11 Å². The zero-order valence-corrected chi connectivity index (χ0v) is 8.76. The molecule has 82 valence electrons. The molecule has 0 aromatic carbocycles. The first kappa shape index (κ1) is 9.30. The van der Waals surface area contributed by atoms with Gasteiger partial charge in [-0.05, 0) is 12.8 Å². The number of likely N-dealkylation sites (tertiary alicyclic amines) is 1. The quantitative estimate of drug-likeness (QED) is 0.730. The number of hydrogen-bond acceptors (Lipinski definition) is 4. The molecule has 0 amide bonds. The fraction of sp³-hybridized carbons (Fsp3) is 0.800. The summed E-state index contributed by atoms with van der Waals surface area (Å²) in [5.41, 5.74) is 0. The molecule has 1 saturated heterocycles. The minimum atomic E-state index is -0.131. The van der Waals surface area contributed by atoms with E-state index < -0.39 is 0 Å². The van der Waals surface area contributed by atoms with E-state index in [1.165, 1.54) is 12.8 Å². The maximum atomic E-state index is 9.20. The number of hydrogen-bond donors (Lipinski definition) is 1. The lowest BCUT2D eigenvalue weighted by Gasteiger charge is -2.35. The normalized spacial score (nSPS) is 22.5. The fourth-order valence-electron chi connectivity index (χ4n) is 2.36. The standard InChI is InChI=1S/C10H16N4O/c15-8-5-13(6-8)7-10-12-11-9-3-1-2-4-14(9)10/h8,15H,1-7H2. The van der Waals surface area contributed by atoms with Crippen LogP contribution in [0, 0.1) is 0 Å². The Morgan fingerprint density at radius 1 is 1.27 bits per heavy atom. The van der Waals surface area contributed by atoms with Gasteiger partial charge in [-0.3, -0.25) is 4.90 Å². The third-order valence-corrected chi connectivity index (χ3v) is 3.24. The van der Waals surface area contributed by atoms with Gasteiger partial charge < -0.3 is 9.67 Å². The summed E-state index contributed by atoms with van der Waals surface area (Å²) < 4.78 is 2.24. The summed E-state index contributed by atoms with van der Waals surface area (Å²) in [6.45, 7) is 3.46. The SMILES string of the molecule is OC1CN(Cc2nnc3n2CCCC3)C1. The molecule has 1 fully saturated rings. The minimum absolute atomic E-state index is 0.131. The van der Waals surface area contributed by atoms with Crippen LogP contribution in [-0.2, 0) is 19.5 Å². The maximum Gasteiger partial charge on any atom is 0.147 e. The summed E-state index contributed by atoms with van der Waals surface area (Å²) >= 11 is 0. The van der Waals surface area contributed by atoms with Gasteiger partial charge in [-0.2, -0.15) is 0 Å². The highest BCUT2D eigenvalue weighted by atomic mass is 16.3. The number of rotatable bonds is 2. The lowest BCUT2D eigenvalue weighted by molar-refractivity contribution is -0.00498. The van der Waals surface area contributed by atoms with E-state index in [2.05, 4.69) is 19.7 Å². The van der Waals surface area contributed by atoms with Crippen LogP contribution in [0.4, 0.5) is 0 Å². The van der Waals surface area contributed by atoms with E-state index in [0.717, 1.165) is 44.2 Å². The topological polar surface area (TPSA) is 54.2 Å². The zero-order chi connectivity index (χ0) is 10.3. The predicted molar refractivity (Wildman–Crippen MR) is 54.2 cm³/mol. The fourth-order valence-corrected chi connectivity index (χ4v) is 2.36. The second-order valence-electron chi connectivity index (χ2n) is 4.49. The Morgan fingerprint density at radius 2 is 2.13 bits per heavy atom. The molecule has 3 heterocycles. The van der Waals surface area contributed by atoms with Crippen molar-refractivity contribution in [1.29, 1.82) is 0 Å². The van der Waals surface area contributed by atoms with Crippen molar-refractivity contribution in [1.82, 2.24) is 19.7 Å². The van der Waals surface area contributed by atoms with Crippen LogP contribution >= 0.6 is 0 Å². The Balaban J connectivity index is 1.72. The first-order valence-corrected chi connectivity index (χ1v) is 5.64. The summed E-state index contributed by atoms with van der Waals surface area (Å²) in [5.74, 6) is 2.20. The molecule has 5 heteroatoms. The van der Waals surface area contributed by atoms with Crippen molar-refractivity contribution in [2.24, 2.45) is 0 Å². The molecule has 0 radical (unpaired) electrons. The highest BCUT2D eigenvalue weighted by Crippen LogP contribution is 2.17. The first-order valence-electron chi connectivity index (χ1n) is 5.64. The molecule has 3 rings (SSSR count). The van der Waals surface area contributed by atoms with E-state index in [-0.39, 0.29) is 6.10 Å². The van der Waals surface area contributed by atoms with Crippen LogP contribution in [0.25, 0.3) is 0 Å². The molecule has 1 aromatic rings. The van der Waals surface area contributed by atoms with Crippen molar-refractivity contribution < 1.29 is 5.11 Å². The predicted octanol–water partition coefficient (Wildman–Crippen LogP) is -0.209. The van der Waals surface area contributed by atoms with Gasteiger partial charge in [0.15, 0.2) is 0 Å². The molecule has 0 bridgehead atoms. The van der Waals surface area contributed by atoms with Crippen LogP contribution in [0.15, 0.2) is 0 Å². The molecule has 15 heavy (non-hydrogen) atoms. The number of aliphatic hydroxyl groups excluding tert-OH is 1. The number of fused-ring (bicyclic) bond motifs is 1. The minimum Gasteiger partial charge on any atom is -0.390 e. The van der Waals surface area contributed by atoms with Crippen LogP contribution < -0.4 is 0 Å². The Hall–Kier alpha value is -0.940. The van der Waals surface area contributed by atoms with E-state index in [1.54, 1.807) is 0 Å². The average molecular weight is 208 g/mol. The van der Waals surface area contributed by atoms with Gasteiger partial charge in [0.2, 0.25) is 0 Å². The number of nitrogens with zero attached hydrogens (tertiary/aromatic N) is 4. The van der Waals surface area contributed by atoms with Crippen molar-refractivity contribution >= 4 is 0 Å². The van der Waals surface area contributed by atoms with Crippen LogP contribution in [0.3, 0.4) is 0 Å². The van der Waals surface area contributed by atoms with Crippen LogP contribution in [0.5, 0.6) is 0 Å². The van der Waals surface area contributed by atoms with Gasteiger partial charge >= 0.3 is 0 Å². The van der Waals surface area contributed by atoms with Crippen molar-refractivity contribution in [3.05, 3.63) is 11.6 Å². The molecule has 0 spiro atoms. The zero-order valence-electron chi connectivity index (χ0n) is 8.76. The summed E-state index contributed by atoms with van der Waals surface area (Å²) in [7, 11) is 0. The molecule has 1 N–H and O–H groups in total. The molecule has 2 aliphatic rings. The van der Waals surface area contributed by atoms with Gasteiger partial charge in [-0.25, -0.2) is 0 Å². The summed E-state index contributed by atoms with van der Waals surface area (Å²) in [6, 6.07) is 0. The molecule has 2 aliphatic heterocycles. The van der Waals surface area contributed by atoms with Gasteiger partial charge in [0, 0.05) is 26.1 Å². The summed E-state index contributed by atoms with van der Waals surface area (Å²) in [5, 5.41) is 17.6. The van der Waals surface area contributed by atoms with Gasteiger partial charge in [0.25, 0.3) is 0 Å². The summed E-state index contributed by atoms with van der Waals surface area (Å²) in [4.78, 5) is 2.20. The van der Waals surface area contributed by atoms with Gasteiger partial charge in [0.05, 0.1) is 12.6 Å². The van der Waals surface area contributed by atoms with E-state index in [0.29, 0.717) is 0 Å². The second-order valence-corrected chi connectivity index (χ2v) is 4.49. The molecule has 0 unspecified atom stereocenters. The van der Waals surface area contributed by atoms with Crippen LogP contribution in [0.1, 0.15) is 24.5 Å². The smallest absolute Gasteiger partial charge is 0.147 e. The molecule has 1 aromatic heterocycles. The number of aryl methyl sites for hydroxylation is 1. The summed E-state index contributed by atoms with van der Waals surface area (Å²) in [6.07, 6.45) is 3.41. The van der Waals surface area contributed by atoms with Gasteiger partial charge in [-0.1, -0.05) is 0 Å². The highest BCUT2D eigenvalue weighted by molar-refractivity contribution is 5.00. The molecular formula is C10H16N4O. The van der Waals surface area contributed by atoms with Crippen molar-refractivity contribution in [2.45, 2.75) is 38.5 Å². The van der Waals surface area contributed by atoms with Crippen molar-refractivity contribution in [2.75, 3.05) is 13.1 Å². The first-order chi connectivity index (χ1) is 7.33. The number of β-amino-alcohol motifs (C(OH)–C–C–N with tert-alkyl or cyclic N) is 1. The largest absolute Gasteiger partial charge is 0.390 e. The molecular weight excluding hydrogens is 192 g/mol. The second kappa shape index (κ2) is 3.57. The van der Waals surface area contributed by atoms with Gasteiger partial charge in [-0.15, -0.1) is 10.2 Å². The third-order valence-electron chi connectivity index (χ3n) is 3.24. The molecule has 0 atom stereocenters. The molecule has 0 aliphatic carbocycles. The Kier molecular flexibility index (Phi) is 2.21. The average Bonchev–Trinajstić information content (AvgIpc) is 2.60. The lowest BCUT2D eigenvalue weighted by atomic mass is 10.1. The number of aliphatic hydroxyl groups is 1. The van der Waals surface area contributed by atoms with Crippen LogP contribution in [-0.4, -0.2) is 44.0 Å². The van der Waals surface area contributed by atoms with Crippen LogP contribution in [0.2, 0.25) is 0 Å². The Morgan fingerprint density at radius 3 is 2.93 bits per heavy atom. The Bertz CT molecular complexity index is 356. The van der Waals surface area contributed by atoms with E-state index in [1.807, 2.05) is 0 Å². The third kappa shape index (κ3) is 1.66. The highest BCUT2D eigenvalue weighted by Gasteiger charge is 2.26. The Labute approximate surface area is 88.7 Å². The molecule has 0 saturated carbocycles.